The summed E-state index contributed by atoms with van der Waals surface area (Å²) in [6.07, 6.45) is 0. The zero-order valence-corrected chi connectivity index (χ0v) is 17.1. The van der Waals surface area contributed by atoms with Crippen LogP contribution in [0, 0.1) is 5.82 Å². The molecule has 0 bridgehead atoms. The third-order valence-electron chi connectivity index (χ3n) is 5.01. The predicted octanol–water partition coefficient (Wildman–Crippen LogP) is 4.64. The fourth-order valence-electron chi connectivity index (χ4n) is 3.65. The topological polar surface area (TPSA) is 88.2 Å². The monoisotopic (exact) mass is 469 g/mol. The van der Waals surface area contributed by atoms with E-state index in [1.807, 2.05) is 42.5 Å². The minimum atomic E-state index is -2.10. The number of hydrogen-bond acceptors (Lipinski definition) is 5. The molecule has 1 aromatic heterocycles. The second-order valence-electron chi connectivity index (χ2n) is 6.77. The Morgan fingerprint density at radius 1 is 1.14 bits per heavy atom. The van der Waals surface area contributed by atoms with Gasteiger partial charge in [0, 0.05) is 15.6 Å². The van der Waals surface area contributed by atoms with Gasteiger partial charge in [0.05, 0.1) is 16.3 Å². The first-order chi connectivity index (χ1) is 13.9. The molecular weight excluding hydrogens is 457 g/mol. The number of carbonyl (C=O) groups is 1. The van der Waals surface area contributed by atoms with E-state index in [9.17, 15) is 14.3 Å². The number of carbonyl (C=O) groups excluding carboxylic acids is 1. The normalized spacial score (nSPS) is 18.1. The van der Waals surface area contributed by atoms with Crippen LogP contribution in [0.4, 0.5) is 15.2 Å². The molecule has 0 radical (unpaired) electrons. The first-order valence-electron chi connectivity index (χ1n) is 8.67. The molecule has 1 atom stereocenters. The van der Waals surface area contributed by atoms with Gasteiger partial charge in [-0.05, 0) is 44.9 Å². The van der Waals surface area contributed by atoms with Gasteiger partial charge in [-0.3, -0.25) is 4.79 Å². The van der Waals surface area contributed by atoms with E-state index in [-0.39, 0.29) is 15.6 Å². The second-order valence-corrected chi connectivity index (χ2v) is 8.65. The number of thiazole rings is 1. The lowest BCUT2D eigenvalue weighted by Gasteiger charge is -2.21. The molecule has 0 saturated carbocycles. The molecule has 0 saturated heterocycles. The third-order valence-corrected chi connectivity index (χ3v) is 6.63. The Hall–Kier alpha value is -2.81. The number of fused-ring (bicyclic) bond motifs is 2. The highest BCUT2D eigenvalue weighted by molar-refractivity contribution is 9.10. The van der Waals surface area contributed by atoms with Crippen molar-refractivity contribution in [3.8, 4) is 11.3 Å². The number of hydrogen-bond donors (Lipinski definition) is 3. The SMILES string of the molecule is Nc1nc(-c2ccc3ccccc3c2)c([C@]2(O)C(=O)Nc3c(Br)cc(F)cc32)s1. The smallest absolute Gasteiger partial charge is 0.266 e. The molecule has 5 nitrogen and oxygen atoms in total. The summed E-state index contributed by atoms with van der Waals surface area (Å²) in [5.74, 6) is -1.25. The Balaban J connectivity index is 1.76. The van der Waals surface area contributed by atoms with Gasteiger partial charge in [-0.2, -0.15) is 0 Å². The number of aliphatic hydroxyl groups is 1. The van der Waals surface area contributed by atoms with Crippen LogP contribution in [-0.4, -0.2) is 16.0 Å². The number of nitrogens with zero attached hydrogens (tertiary/aromatic N) is 1. The third kappa shape index (κ3) is 2.67. The zero-order chi connectivity index (χ0) is 20.3. The number of rotatable bonds is 2. The quantitative estimate of drug-likeness (QED) is 0.399. The standard InChI is InChI=1S/C21H13BrFN3O2S/c22-15-9-13(23)8-14-17(15)25-19(27)21(14,28)18-16(26-20(24)29-18)12-6-5-10-3-1-2-4-11(10)7-12/h1-9,28H,(H2,24,26)(H,25,27)/t21-/m0/s1. The molecule has 29 heavy (non-hydrogen) atoms. The van der Waals surface area contributed by atoms with Crippen molar-refractivity contribution in [1.29, 1.82) is 0 Å². The van der Waals surface area contributed by atoms with Gasteiger partial charge in [0.2, 0.25) is 5.60 Å². The second kappa shape index (κ2) is 6.35. The molecule has 3 aromatic carbocycles. The molecule has 1 aliphatic rings. The maximum atomic E-state index is 14.1. The molecule has 1 amide bonds. The van der Waals surface area contributed by atoms with E-state index in [2.05, 4.69) is 26.2 Å². The minimum absolute atomic E-state index is 0.125. The zero-order valence-electron chi connectivity index (χ0n) is 14.7. The molecular formula is C21H13BrFN3O2S. The average molecular weight is 470 g/mol. The van der Waals surface area contributed by atoms with Crippen molar-refractivity contribution in [1.82, 2.24) is 4.98 Å². The van der Waals surface area contributed by atoms with Gasteiger partial charge in [-0.25, -0.2) is 9.37 Å². The maximum absolute atomic E-state index is 14.1. The number of nitrogen functional groups attached to an aromatic ring is 1. The number of benzene rings is 3. The summed E-state index contributed by atoms with van der Waals surface area (Å²) in [5.41, 5.74) is 5.41. The lowest BCUT2D eigenvalue weighted by molar-refractivity contribution is -0.129. The van der Waals surface area contributed by atoms with Gasteiger partial charge < -0.3 is 16.2 Å². The average Bonchev–Trinajstić information content (AvgIpc) is 3.21. The molecule has 0 fully saturated rings. The fraction of sp³-hybridized carbons (Fsp3) is 0.0476. The largest absolute Gasteiger partial charge is 0.375 e. The van der Waals surface area contributed by atoms with Crippen molar-refractivity contribution in [2.24, 2.45) is 0 Å². The highest BCUT2D eigenvalue weighted by atomic mass is 79.9. The summed E-state index contributed by atoms with van der Waals surface area (Å²) in [6.45, 7) is 0. The van der Waals surface area contributed by atoms with Crippen LogP contribution in [0.2, 0.25) is 0 Å². The number of amides is 1. The summed E-state index contributed by atoms with van der Waals surface area (Å²) >= 11 is 4.25. The summed E-state index contributed by atoms with van der Waals surface area (Å²) in [7, 11) is 0. The van der Waals surface area contributed by atoms with Crippen molar-refractivity contribution in [3.63, 3.8) is 0 Å². The van der Waals surface area contributed by atoms with Crippen molar-refractivity contribution >= 4 is 54.8 Å². The van der Waals surface area contributed by atoms with Crippen LogP contribution < -0.4 is 11.1 Å². The Kier molecular flexibility index (Phi) is 3.99. The van der Waals surface area contributed by atoms with E-state index in [4.69, 9.17) is 5.73 Å². The maximum Gasteiger partial charge on any atom is 0.266 e. The van der Waals surface area contributed by atoms with Crippen LogP contribution in [0.3, 0.4) is 0 Å². The molecule has 2 heterocycles. The van der Waals surface area contributed by atoms with E-state index in [0.717, 1.165) is 28.2 Å². The lowest BCUT2D eigenvalue weighted by Crippen LogP contribution is -2.35. The van der Waals surface area contributed by atoms with Crippen LogP contribution in [0.25, 0.3) is 22.0 Å². The number of halogens is 2. The van der Waals surface area contributed by atoms with Crippen LogP contribution in [0.15, 0.2) is 59.1 Å². The van der Waals surface area contributed by atoms with Gasteiger partial charge in [-0.1, -0.05) is 47.7 Å². The molecule has 0 spiro atoms. The molecule has 4 aromatic rings. The Bertz CT molecular complexity index is 1320. The molecule has 4 N–H and O–H groups in total. The van der Waals surface area contributed by atoms with Crippen LogP contribution >= 0.6 is 27.3 Å². The van der Waals surface area contributed by atoms with Gasteiger partial charge in [0.15, 0.2) is 5.13 Å². The molecule has 1 aliphatic heterocycles. The van der Waals surface area contributed by atoms with Crippen molar-refractivity contribution in [3.05, 3.63) is 75.3 Å². The fourth-order valence-corrected chi connectivity index (χ4v) is 5.14. The molecule has 0 unspecified atom stereocenters. The highest BCUT2D eigenvalue weighted by Crippen LogP contribution is 2.49. The first-order valence-corrected chi connectivity index (χ1v) is 10.3. The molecule has 0 aliphatic carbocycles. The molecule has 144 valence electrons. The van der Waals surface area contributed by atoms with Gasteiger partial charge in [-0.15, -0.1) is 0 Å². The number of anilines is 2. The van der Waals surface area contributed by atoms with Gasteiger partial charge in [0.25, 0.3) is 5.91 Å². The Labute approximate surface area is 177 Å². The van der Waals surface area contributed by atoms with Crippen molar-refractivity contribution < 1.29 is 14.3 Å². The summed E-state index contributed by atoms with van der Waals surface area (Å²) < 4.78 is 14.4. The van der Waals surface area contributed by atoms with Gasteiger partial charge in [0.1, 0.15) is 5.82 Å². The van der Waals surface area contributed by atoms with E-state index in [1.165, 1.54) is 6.07 Å². The van der Waals surface area contributed by atoms with Crippen LogP contribution in [-0.2, 0) is 10.4 Å². The highest BCUT2D eigenvalue weighted by Gasteiger charge is 2.51. The summed E-state index contributed by atoms with van der Waals surface area (Å²) in [6, 6.07) is 15.9. The number of nitrogens with two attached hydrogens (primary N) is 1. The van der Waals surface area contributed by atoms with Crippen molar-refractivity contribution in [2.75, 3.05) is 11.1 Å². The van der Waals surface area contributed by atoms with E-state index in [0.29, 0.717) is 21.4 Å². The van der Waals surface area contributed by atoms with E-state index in [1.54, 1.807) is 0 Å². The Morgan fingerprint density at radius 2 is 1.90 bits per heavy atom. The van der Waals surface area contributed by atoms with E-state index < -0.39 is 17.3 Å². The molecule has 8 heteroatoms. The van der Waals surface area contributed by atoms with Crippen LogP contribution in [0.1, 0.15) is 10.4 Å². The predicted molar refractivity (Wildman–Crippen MR) is 115 cm³/mol. The minimum Gasteiger partial charge on any atom is -0.375 e. The summed E-state index contributed by atoms with van der Waals surface area (Å²) in [4.78, 5) is 17.5. The number of nitrogens with one attached hydrogen (secondary N) is 1. The molecule has 5 rings (SSSR count). The lowest BCUT2D eigenvalue weighted by atomic mass is 9.90. The van der Waals surface area contributed by atoms with Crippen molar-refractivity contribution in [2.45, 2.75) is 5.60 Å². The Morgan fingerprint density at radius 3 is 2.69 bits per heavy atom. The van der Waals surface area contributed by atoms with E-state index >= 15 is 0 Å². The van der Waals surface area contributed by atoms with Crippen LogP contribution in [0.5, 0.6) is 0 Å². The summed E-state index contributed by atoms with van der Waals surface area (Å²) in [5, 5.41) is 16.4. The van der Waals surface area contributed by atoms with Gasteiger partial charge >= 0.3 is 0 Å². The number of aromatic nitrogens is 1. The first kappa shape index (κ1) is 18.2.